The van der Waals surface area contributed by atoms with E-state index in [2.05, 4.69) is 29.1 Å². The summed E-state index contributed by atoms with van der Waals surface area (Å²) in [6.45, 7) is 8.01. The number of aliphatic hydroxyl groups excluding tert-OH is 1. The van der Waals surface area contributed by atoms with Crippen LogP contribution in [0.2, 0.25) is 0 Å². The molecule has 1 fully saturated rings. The average Bonchev–Trinajstić information content (AvgIpc) is 3.30. The molecule has 1 aliphatic heterocycles. The van der Waals surface area contributed by atoms with Gasteiger partial charge in [0.15, 0.2) is 0 Å². The van der Waals surface area contributed by atoms with Gasteiger partial charge in [-0.25, -0.2) is 4.98 Å². The van der Waals surface area contributed by atoms with Gasteiger partial charge in [0, 0.05) is 43.6 Å². The summed E-state index contributed by atoms with van der Waals surface area (Å²) in [4.78, 5) is 6.92. The number of nitrogens with zero attached hydrogens (tertiary/aromatic N) is 3. The van der Waals surface area contributed by atoms with E-state index in [9.17, 15) is 5.11 Å². The summed E-state index contributed by atoms with van der Waals surface area (Å²) >= 11 is 0. The predicted molar refractivity (Wildman–Crippen MR) is 101 cm³/mol. The van der Waals surface area contributed by atoms with Gasteiger partial charge in [0.1, 0.15) is 11.5 Å². The highest BCUT2D eigenvalue weighted by Crippen LogP contribution is 2.26. The van der Waals surface area contributed by atoms with Crippen LogP contribution in [-0.4, -0.2) is 39.3 Å². The quantitative estimate of drug-likeness (QED) is 0.746. The minimum Gasteiger partial charge on any atom is -0.441 e. The normalized spacial score (nSPS) is 20.4. The lowest BCUT2D eigenvalue weighted by Crippen LogP contribution is -2.22. The zero-order valence-electron chi connectivity index (χ0n) is 16.0. The Kier molecular flexibility index (Phi) is 4.85. The number of aliphatic hydroxyl groups is 1. The van der Waals surface area contributed by atoms with Crippen molar-refractivity contribution in [2.75, 3.05) is 13.1 Å². The fourth-order valence-electron chi connectivity index (χ4n) is 3.65. The maximum Gasteiger partial charge on any atom is 0.226 e. The first kappa shape index (κ1) is 17.9. The van der Waals surface area contributed by atoms with Gasteiger partial charge in [-0.2, -0.15) is 0 Å². The van der Waals surface area contributed by atoms with Gasteiger partial charge in [-0.05, 0) is 32.9 Å². The third-order valence-electron chi connectivity index (χ3n) is 5.19. The first-order valence-electron chi connectivity index (χ1n) is 9.34. The number of aryl methyl sites for hydroxylation is 3. The third kappa shape index (κ3) is 3.96. The average molecular weight is 367 g/mol. The molecule has 1 aliphatic rings. The smallest absolute Gasteiger partial charge is 0.226 e. The topological polar surface area (TPSA) is 75.5 Å². The first-order valence-corrected chi connectivity index (χ1v) is 9.34. The number of β-amino-alcohol motifs (C(OH)–C–C–N with tert-alkyl or cyclic N) is 1. The Morgan fingerprint density at radius 2 is 1.93 bits per heavy atom. The SMILES string of the molecule is Cc1ccc(-c2nc(CN3C[C@@H](Cc4cc(C)no4)[C@@H](O)C3)c(C)o2)cc1. The van der Waals surface area contributed by atoms with Crippen LogP contribution < -0.4 is 0 Å². The van der Waals surface area contributed by atoms with E-state index in [0.29, 0.717) is 25.4 Å². The molecule has 0 unspecified atom stereocenters. The van der Waals surface area contributed by atoms with Crippen LogP contribution >= 0.6 is 0 Å². The molecule has 142 valence electrons. The molecule has 3 aromatic rings. The summed E-state index contributed by atoms with van der Waals surface area (Å²) in [5.41, 5.74) is 3.99. The monoisotopic (exact) mass is 367 g/mol. The van der Waals surface area contributed by atoms with Gasteiger partial charge in [-0.3, -0.25) is 4.90 Å². The van der Waals surface area contributed by atoms with E-state index in [4.69, 9.17) is 13.9 Å². The lowest BCUT2D eigenvalue weighted by molar-refractivity contribution is 0.137. The molecule has 27 heavy (non-hydrogen) atoms. The molecule has 2 atom stereocenters. The second kappa shape index (κ2) is 7.29. The Morgan fingerprint density at radius 1 is 1.15 bits per heavy atom. The number of aromatic nitrogens is 2. The van der Waals surface area contributed by atoms with E-state index < -0.39 is 0 Å². The van der Waals surface area contributed by atoms with Gasteiger partial charge in [0.2, 0.25) is 5.89 Å². The highest BCUT2D eigenvalue weighted by molar-refractivity contribution is 5.54. The van der Waals surface area contributed by atoms with Crippen LogP contribution in [0, 0.1) is 26.7 Å². The van der Waals surface area contributed by atoms with Crippen LogP contribution in [-0.2, 0) is 13.0 Å². The van der Waals surface area contributed by atoms with Crippen molar-refractivity contribution in [2.24, 2.45) is 5.92 Å². The molecular formula is C21H25N3O3. The standard InChI is InChI=1S/C21H25N3O3/c1-13-4-6-16(7-5-13)21-22-19(15(3)26-21)11-24-10-17(20(25)12-24)9-18-8-14(2)23-27-18/h4-8,17,20,25H,9-12H2,1-3H3/t17-,20+/m1/s1. The van der Waals surface area contributed by atoms with Crippen molar-refractivity contribution in [1.82, 2.24) is 15.0 Å². The van der Waals surface area contributed by atoms with Crippen LogP contribution in [0.3, 0.4) is 0 Å². The van der Waals surface area contributed by atoms with Gasteiger partial charge in [-0.1, -0.05) is 22.9 Å². The lowest BCUT2D eigenvalue weighted by Gasteiger charge is -2.13. The van der Waals surface area contributed by atoms with E-state index in [1.807, 2.05) is 32.0 Å². The fraction of sp³-hybridized carbons (Fsp3) is 0.429. The Bertz CT molecular complexity index is 913. The van der Waals surface area contributed by atoms with Crippen LogP contribution in [0.25, 0.3) is 11.5 Å². The van der Waals surface area contributed by atoms with Crippen molar-refractivity contribution in [2.45, 2.75) is 39.8 Å². The van der Waals surface area contributed by atoms with Crippen LogP contribution in [0.15, 0.2) is 39.3 Å². The number of hydrogen-bond acceptors (Lipinski definition) is 6. The molecule has 2 aromatic heterocycles. The highest BCUT2D eigenvalue weighted by atomic mass is 16.5. The molecule has 6 nitrogen and oxygen atoms in total. The minimum atomic E-state index is -0.376. The number of oxazole rings is 1. The highest BCUT2D eigenvalue weighted by Gasteiger charge is 2.33. The van der Waals surface area contributed by atoms with Gasteiger partial charge in [0.25, 0.3) is 0 Å². The van der Waals surface area contributed by atoms with E-state index >= 15 is 0 Å². The Labute approximate surface area is 158 Å². The number of likely N-dealkylation sites (tertiary alicyclic amines) is 1. The van der Waals surface area contributed by atoms with Crippen LogP contribution in [0.1, 0.15) is 28.5 Å². The van der Waals surface area contributed by atoms with Crippen molar-refractivity contribution in [3.8, 4) is 11.5 Å². The molecule has 0 spiro atoms. The van der Waals surface area contributed by atoms with E-state index in [0.717, 1.165) is 35.0 Å². The molecule has 0 aliphatic carbocycles. The van der Waals surface area contributed by atoms with Crippen molar-refractivity contribution in [1.29, 1.82) is 0 Å². The molecule has 0 saturated carbocycles. The van der Waals surface area contributed by atoms with Crippen molar-refractivity contribution in [3.05, 3.63) is 58.8 Å². The zero-order valence-corrected chi connectivity index (χ0v) is 16.0. The Balaban J connectivity index is 1.43. The van der Waals surface area contributed by atoms with Gasteiger partial charge in [0.05, 0.1) is 17.5 Å². The van der Waals surface area contributed by atoms with E-state index in [1.165, 1.54) is 5.56 Å². The van der Waals surface area contributed by atoms with Crippen molar-refractivity contribution in [3.63, 3.8) is 0 Å². The molecule has 1 aromatic carbocycles. The Morgan fingerprint density at radius 3 is 2.63 bits per heavy atom. The second-order valence-electron chi connectivity index (χ2n) is 7.55. The maximum absolute atomic E-state index is 10.4. The third-order valence-corrected chi connectivity index (χ3v) is 5.19. The summed E-state index contributed by atoms with van der Waals surface area (Å²) in [6, 6.07) is 10.1. The number of rotatable bonds is 5. The minimum absolute atomic E-state index is 0.140. The van der Waals surface area contributed by atoms with Gasteiger partial charge >= 0.3 is 0 Å². The van der Waals surface area contributed by atoms with Crippen molar-refractivity contribution >= 4 is 0 Å². The van der Waals surface area contributed by atoms with Crippen LogP contribution in [0.4, 0.5) is 0 Å². The van der Waals surface area contributed by atoms with E-state index in [-0.39, 0.29) is 12.0 Å². The molecule has 0 bridgehead atoms. The lowest BCUT2D eigenvalue weighted by atomic mass is 10.0. The van der Waals surface area contributed by atoms with Crippen molar-refractivity contribution < 1.29 is 14.0 Å². The maximum atomic E-state index is 10.4. The van der Waals surface area contributed by atoms with E-state index in [1.54, 1.807) is 0 Å². The molecule has 0 radical (unpaired) electrons. The summed E-state index contributed by atoms with van der Waals surface area (Å²) in [6.07, 6.45) is 0.324. The molecule has 4 rings (SSSR count). The number of benzene rings is 1. The number of hydrogen-bond donors (Lipinski definition) is 1. The second-order valence-corrected chi connectivity index (χ2v) is 7.55. The molecule has 6 heteroatoms. The zero-order chi connectivity index (χ0) is 19.0. The summed E-state index contributed by atoms with van der Waals surface area (Å²) < 4.78 is 11.2. The van der Waals surface area contributed by atoms with Gasteiger partial charge in [-0.15, -0.1) is 0 Å². The van der Waals surface area contributed by atoms with Crippen LogP contribution in [0.5, 0.6) is 0 Å². The molecule has 0 amide bonds. The summed E-state index contributed by atoms with van der Waals surface area (Å²) in [5.74, 6) is 2.45. The molecular weight excluding hydrogens is 342 g/mol. The Hall–Kier alpha value is -2.44. The molecule has 1 saturated heterocycles. The molecule has 3 heterocycles. The molecule has 1 N–H and O–H groups in total. The fourth-order valence-corrected chi connectivity index (χ4v) is 3.65. The first-order chi connectivity index (χ1) is 13.0. The van der Waals surface area contributed by atoms with Gasteiger partial charge < -0.3 is 14.0 Å². The predicted octanol–water partition coefficient (Wildman–Crippen LogP) is 3.29. The summed E-state index contributed by atoms with van der Waals surface area (Å²) in [7, 11) is 0. The largest absolute Gasteiger partial charge is 0.441 e. The summed E-state index contributed by atoms with van der Waals surface area (Å²) in [5, 5.41) is 14.4.